The highest BCUT2D eigenvalue weighted by atomic mass is 32.1. The number of rotatable bonds is 2. The van der Waals surface area contributed by atoms with Crippen LogP contribution in [0.5, 0.6) is 0 Å². The highest BCUT2D eigenvalue weighted by Crippen LogP contribution is 2.19. The second kappa shape index (κ2) is 11.2. The van der Waals surface area contributed by atoms with E-state index in [0.717, 1.165) is 11.3 Å². The van der Waals surface area contributed by atoms with Crippen molar-refractivity contribution in [2.75, 3.05) is 12.8 Å². The second-order valence-corrected chi connectivity index (χ2v) is 8.05. The predicted octanol–water partition coefficient (Wildman–Crippen LogP) is 4.39. The molecular weight excluding hydrogens is 396 g/mol. The zero-order valence-electron chi connectivity index (χ0n) is 16.5. The first-order valence-corrected chi connectivity index (χ1v) is 10.2. The van der Waals surface area contributed by atoms with Gasteiger partial charge in [-0.2, -0.15) is 5.26 Å². The molecule has 3 aromatic rings. The lowest BCUT2D eigenvalue weighted by atomic mass is 10.2. The van der Waals surface area contributed by atoms with Gasteiger partial charge in [-0.1, -0.05) is 13.8 Å². The van der Waals surface area contributed by atoms with E-state index >= 15 is 0 Å². The summed E-state index contributed by atoms with van der Waals surface area (Å²) in [7, 11) is 1.33. The Morgan fingerprint density at radius 2 is 1.86 bits per heavy atom. The Morgan fingerprint density at radius 3 is 2.32 bits per heavy atom. The molecule has 3 heterocycles. The number of nitriles is 1. The largest absolute Gasteiger partial charge is 0.465 e. The molecular formula is C19H24N4O3S2. The van der Waals surface area contributed by atoms with Crippen LogP contribution >= 0.6 is 22.7 Å². The van der Waals surface area contributed by atoms with E-state index < -0.39 is 0 Å². The van der Waals surface area contributed by atoms with Crippen LogP contribution in [0.1, 0.15) is 49.1 Å². The molecule has 0 radical (unpaired) electrons. The molecule has 0 unspecified atom stereocenters. The van der Waals surface area contributed by atoms with Gasteiger partial charge in [0.25, 0.3) is 5.56 Å². The molecule has 0 bridgehead atoms. The molecule has 0 aliphatic rings. The van der Waals surface area contributed by atoms with E-state index in [1.165, 1.54) is 29.8 Å². The number of thiophene rings is 2. The number of nitrogens with zero attached hydrogens (tertiary/aromatic N) is 2. The summed E-state index contributed by atoms with van der Waals surface area (Å²) in [5, 5.41) is 11.5. The number of nitrogens with two attached hydrogens (primary N) is 1. The van der Waals surface area contributed by atoms with Gasteiger partial charge in [0.1, 0.15) is 15.4 Å². The normalized spacial score (nSPS) is 9.93. The third-order valence-electron chi connectivity index (χ3n) is 3.20. The Hall–Kier alpha value is -2.70. The van der Waals surface area contributed by atoms with Crippen LogP contribution in [0.3, 0.4) is 0 Å². The molecule has 0 saturated carbocycles. The number of hydrogen-bond donors (Lipinski definition) is 2. The Bertz CT molecular complexity index is 996. The topological polar surface area (TPSA) is 122 Å². The summed E-state index contributed by atoms with van der Waals surface area (Å²) in [6.07, 6.45) is 0. The summed E-state index contributed by atoms with van der Waals surface area (Å²) in [5.41, 5.74) is 6.69. The first kappa shape index (κ1) is 23.3. The van der Waals surface area contributed by atoms with Crippen molar-refractivity contribution >= 4 is 44.5 Å². The average Bonchev–Trinajstić information content (AvgIpc) is 3.31. The van der Waals surface area contributed by atoms with Crippen molar-refractivity contribution in [1.82, 2.24) is 9.97 Å². The van der Waals surface area contributed by atoms with Crippen LogP contribution in [0, 0.1) is 17.2 Å². The van der Waals surface area contributed by atoms with Gasteiger partial charge in [-0.15, -0.1) is 22.7 Å². The molecule has 3 aromatic heterocycles. The number of nitrogens with one attached hydrogen (secondary N) is 1. The molecule has 9 heteroatoms. The second-order valence-electron chi connectivity index (χ2n) is 6.22. The zero-order valence-corrected chi connectivity index (χ0v) is 18.1. The Labute approximate surface area is 171 Å². The maximum absolute atomic E-state index is 11.5. The molecule has 7 nitrogen and oxygen atoms in total. The van der Waals surface area contributed by atoms with E-state index in [-0.39, 0.29) is 23.4 Å². The van der Waals surface area contributed by atoms with Gasteiger partial charge in [0.15, 0.2) is 0 Å². The molecule has 0 fully saturated rings. The van der Waals surface area contributed by atoms with Crippen LogP contribution in [0.2, 0.25) is 0 Å². The van der Waals surface area contributed by atoms with E-state index in [0.29, 0.717) is 15.3 Å². The maximum atomic E-state index is 11.5. The van der Waals surface area contributed by atoms with Gasteiger partial charge < -0.3 is 15.5 Å². The average molecular weight is 421 g/mol. The molecule has 0 amide bonds. The molecule has 3 N–H and O–H groups in total. The molecule has 0 atom stereocenters. The van der Waals surface area contributed by atoms with Gasteiger partial charge >= 0.3 is 5.97 Å². The number of H-pyrrole nitrogens is 1. The minimum atomic E-state index is -0.368. The fraction of sp³-hybridized carbons (Fsp3) is 0.368. The summed E-state index contributed by atoms with van der Waals surface area (Å²) in [6, 6.07) is 5.58. The van der Waals surface area contributed by atoms with Crippen LogP contribution in [0.4, 0.5) is 5.69 Å². The number of carbonyl (C=O) groups excluding carboxylic acids is 1. The number of methoxy groups -OCH3 is 1. The van der Waals surface area contributed by atoms with Crippen molar-refractivity contribution in [2.45, 2.75) is 33.6 Å². The predicted molar refractivity (Wildman–Crippen MR) is 115 cm³/mol. The SMILES string of the molecule is CC(C)C#N.CC(C)c1nc2ccsc2c(=O)[nH]1.COC(=O)c1sccc1N. The molecule has 0 spiro atoms. The van der Waals surface area contributed by atoms with Crippen molar-refractivity contribution in [3.8, 4) is 6.07 Å². The standard InChI is InChI=1S/C9H10N2OS.C6H7NO2S.C4H7N/c1-5(2)8-10-6-3-4-13-7(6)9(12)11-8;1-9-6(8)5-4(7)2-3-10-5;1-4(2)3-5/h3-5H,1-2H3,(H,10,11,12);2-3H,7H2,1H3;4H,1-2H3. The first-order valence-electron chi connectivity index (χ1n) is 8.49. The quantitative estimate of drug-likeness (QED) is 0.593. The van der Waals surface area contributed by atoms with Crippen LogP contribution in [0.25, 0.3) is 10.2 Å². The fourth-order valence-electron chi connectivity index (χ4n) is 1.74. The third kappa shape index (κ3) is 6.79. The van der Waals surface area contributed by atoms with Gasteiger partial charge in [0.05, 0.1) is 24.4 Å². The molecule has 3 rings (SSSR count). The van der Waals surface area contributed by atoms with Gasteiger partial charge in [-0.3, -0.25) is 4.79 Å². The number of hydrogen-bond acceptors (Lipinski definition) is 8. The number of esters is 1. The summed E-state index contributed by atoms with van der Waals surface area (Å²) >= 11 is 2.71. The lowest BCUT2D eigenvalue weighted by molar-refractivity contribution is 0.0607. The van der Waals surface area contributed by atoms with Gasteiger partial charge in [-0.05, 0) is 36.7 Å². The Kier molecular flexibility index (Phi) is 9.35. The monoisotopic (exact) mass is 420 g/mol. The summed E-state index contributed by atoms with van der Waals surface area (Å²) in [6.45, 7) is 7.74. The lowest BCUT2D eigenvalue weighted by Crippen LogP contribution is -2.11. The van der Waals surface area contributed by atoms with E-state index in [2.05, 4.69) is 14.7 Å². The van der Waals surface area contributed by atoms with Crippen LogP contribution in [-0.2, 0) is 4.74 Å². The van der Waals surface area contributed by atoms with E-state index in [9.17, 15) is 9.59 Å². The van der Waals surface area contributed by atoms with Crippen LogP contribution in [-0.4, -0.2) is 23.0 Å². The molecule has 150 valence electrons. The summed E-state index contributed by atoms with van der Waals surface area (Å²) in [5.74, 6) is 0.843. The van der Waals surface area contributed by atoms with Crippen molar-refractivity contribution in [1.29, 1.82) is 5.26 Å². The number of ether oxygens (including phenoxy) is 1. The Balaban J connectivity index is 0.000000233. The highest BCUT2D eigenvalue weighted by Gasteiger charge is 2.09. The molecule has 0 aliphatic carbocycles. The van der Waals surface area contributed by atoms with E-state index in [1.54, 1.807) is 11.4 Å². The first-order chi connectivity index (χ1) is 13.2. The van der Waals surface area contributed by atoms with Crippen LogP contribution < -0.4 is 11.3 Å². The number of nitrogen functional groups attached to an aromatic ring is 1. The van der Waals surface area contributed by atoms with Gasteiger partial charge in [0, 0.05) is 11.8 Å². The smallest absolute Gasteiger partial charge is 0.350 e. The fourth-order valence-corrected chi connectivity index (χ4v) is 3.20. The summed E-state index contributed by atoms with van der Waals surface area (Å²) in [4.78, 5) is 29.9. The third-order valence-corrected chi connectivity index (χ3v) is 5.02. The van der Waals surface area contributed by atoms with Crippen molar-refractivity contribution in [3.05, 3.63) is 43.9 Å². The van der Waals surface area contributed by atoms with Gasteiger partial charge in [-0.25, -0.2) is 9.78 Å². The number of aromatic amines is 1. The van der Waals surface area contributed by atoms with Crippen molar-refractivity contribution < 1.29 is 9.53 Å². The molecule has 0 aliphatic heterocycles. The number of aromatic nitrogens is 2. The number of anilines is 1. The number of fused-ring (bicyclic) bond motifs is 1. The molecule has 0 aromatic carbocycles. The minimum Gasteiger partial charge on any atom is -0.465 e. The zero-order chi connectivity index (χ0) is 21.3. The maximum Gasteiger partial charge on any atom is 0.350 e. The highest BCUT2D eigenvalue weighted by molar-refractivity contribution is 7.17. The van der Waals surface area contributed by atoms with Gasteiger partial charge in [0.2, 0.25) is 0 Å². The van der Waals surface area contributed by atoms with Crippen molar-refractivity contribution in [3.63, 3.8) is 0 Å². The van der Waals surface area contributed by atoms with E-state index in [1.807, 2.05) is 45.2 Å². The molecule has 28 heavy (non-hydrogen) atoms. The number of carbonyl (C=O) groups is 1. The van der Waals surface area contributed by atoms with Crippen LogP contribution in [0.15, 0.2) is 27.7 Å². The summed E-state index contributed by atoms with van der Waals surface area (Å²) < 4.78 is 5.18. The molecule has 0 saturated heterocycles. The van der Waals surface area contributed by atoms with Crippen molar-refractivity contribution in [2.24, 2.45) is 5.92 Å². The van der Waals surface area contributed by atoms with E-state index in [4.69, 9.17) is 11.0 Å². The Morgan fingerprint density at radius 1 is 1.25 bits per heavy atom. The minimum absolute atomic E-state index is 0.0244. The lowest BCUT2D eigenvalue weighted by Gasteiger charge is -2.02.